The Morgan fingerprint density at radius 3 is 2.69 bits per heavy atom. The zero-order valence-electron chi connectivity index (χ0n) is 9.99. The number of anilines is 1. The molecule has 1 aliphatic rings. The second-order valence-corrected chi connectivity index (χ2v) is 4.35. The van der Waals surface area contributed by atoms with Gasteiger partial charge in [0.05, 0.1) is 7.11 Å². The molecule has 2 rings (SSSR count). The van der Waals surface area contributed by atoms with Gasteiger partial charge >= 0.3 is 0 Å². The van der Waals surface area contributed by atoms with E-state index in [4.69, 9.17) is 4.74 Å². The van der Waals surface area contributed by atoms with Crippen LogP contribution in [-0.4, -0.2) is 23.1 Å². The summed E-state index contributed by atoms with van der Waals surface area (Å²) in [6.07, 6.45) is 6.41. The highest BCUT2D eigenvalue weighted by molar-refractivity contribution is 5.31. The minimum absolute atomic E-state index is 0.528. The van der Waals surface area contributed by atoms with Crippen LogP contribution in [0.2, 0.25) is 0 Å². The van der Waals surface area contributed by atoms with Gasteiger partial charge in [0.25, 0.3) is 0 Å². The summed E-state index contributed by atoms with van der Waals surface area (Å²) < 4.78 is 5.13. The van der Waals surface area contributed by atoms with E-state index < -0.39 is 0 Å². The van der Waals surface area contributed by atoms with Gasteiger partial charge in [-0.15, -0.1) is 0 Å². The second kappa shape index (κ2) is 5.14. The van der Waals surface area contributed by atoms with Crippen molar-refractivity contribution >= 4 is 5.95 Å². The molecule has 1 aromatic heterocycles. The SMILES string of the molecule is COc1cc(C)nc(NC2CCCCC2)n1. The number of nitrogens with zero attached hydrogens (tertiary/aromatic N) is 2. The molecule has 1 aliphatic carbocycles. The van der Waals surface area contributed by atoms with E-state index in [1.54, 1.807) is 7.11 Å². The summed E-state index contributed by atoms with van der Waals surface area (Å²) in [6.45, 7) is 1.95. The second-order valence-electron chi connectivity index (χ2n) is 4.35. The zero-order chi connectivity index (χ0) is 11.4. The Labute approximate surface area is 96.4 Å². The Kier molecular flexibility index (Phi) is 3.59. The van der Waals surface area contributed by atoms with Crippen LogP contribution in [0.4, 0.5) is 5.95 Å². The molecule has 0 aromatic carbocycles. The Bertz CT molecular complexity index is 348. The van der Waals surface area contributed by atoms with Gasteiger partial charge < -0.3 is 10.1 Å². The number of nitrogens with one attached hydrogen (secondary N) is 1. The van der Waals surface area contributed by atoms with E-state index in [0.717, 1.165) is 5.69 Å². The lowest BCUT2D eigenvalue weighted by molar-refractivity contribution is 0.396. The van der Waals surface area contributed by atoms with E-state index >= 15 is 0 Å². The maximum atomic E-state index is 5.13. The summed E-state index contributed by atoms with van der Waals surface area (Å²) in [7, 11) is 1.63. The molecular formula is C12H19N3O. The van der Waals surface area contributed by atoms with Gasteiger partial charge in [-0.1, -0.05) is 19.3 Å². The van der Waals surface area contributed by atoms with Gasteiger partial charge in [0.1, 0.15) is 0 Å². The van der Waals surface area contributed by atoms with Crippen molar-refractivity contribution in [2.24, 2.45) is 0 Å². The van der Waals surface area contributed by atoms with Crippen LogP contribution in [0.5, 0.6) is 5.88 Å². The van der Waals surface area contributed by atoms with Crippen molar-refractivity contribution in [2.45, 2.75) is 45.1 Å². The summed E-state index contributed by atoms with van der Waals surface area (Å²) >= 11 is 0. The monoisotopic (exact) mass is 221 g/mol. The molecular weight excluding hydrogens is 202 g/mol. The Hall–Kier alpha value is -1.32. The van der Waals surface area contributed by atoms with Crippen LogP contribution in [0.25, 0.3) is 0 Å². The first-order valence-corrected chi connectivity index (χ1v) is 5.94. The molecule has 0 aliphatic heterocycles. The van der Waals surface area contributed by atoms with Crippen LogP contribution in [0.15, 0.2) is 6.07 Å². The minimum Gasteiger partial charge on any atom is -0.481 e. The summed E-state index contributed by atoms with van der Waals surface area (Å²) in [6, 6.07) is 2.37. The van der Waals surface area contributed by atoms with Gasteiger partial charge in [-0.25, -0.2) is 4.98 Å². The smallest absolute Gasteiger partial charge is 0.226 e. The molecule has 0 spiro atoms. The van der Waals surface area contributed by atoms with Crippen LogP contribution >= 0.6 is 0 Å². The normalized spacial score (nSPS) is 17.1. The lowest BCUT2D eigenvalue weighted by Gasteiger charge is -2.22. The Morgan fingerprint density at radius 2 is 2.00 bits per heavy atom. The summed E-state index contributed by atoms with van der Waals surface area (Å²) in [5.74, 6) is 1.33. The van der Waals surface area contributed by atoms with Gasteiger partial charge in [0, 0.05) is 17.8 Å². The van der Waals surface area contributed by atoms with E-state index in [9.17, 15) is 0 Å². The Morgan fingerprint density at radius 1 is 1.25 bits per heavy atom. The van der Waals surface area contributed by atoms with Gasteiger partial charge in [-0.3, -0.25) is 0 Å². The predicted molar refractivity (Wildman–Crippen MR) is 63.8 cm³/mol. The first-order valence-electron chi connectivity index (χ1n) is 5.94. The van der Waals surface area contributed by atoms with Gasteiger partial charge in [0.15, 0.2) is 0 Å². The van der Waals surface area contributed by atoms with Crippen molar-refractivity contribution in [1.29, 1.82) is 0 Å². The number of hydrogen-bond acceptors (Lipinski definition) is 4. The number of aryl methyl sites for hydroxylation is 1. The van der Waals surface area contributed by atoms with Crippen LogP contribution in [0.3, 0.4) is 0 Å². The number of hydrogen-bond donors (Lipinski definition) is 1. The molecule has 0 saturated heterocycles. The lowest BCUT2D eigenvalue weighted by atomic mass is 9.96. The summed E-state index contributed by atoms with van der Waals surface area (Å²) in [4.78, 5) is 8.68. The molecule has 1 fully saturated rings. The fraction of sp³-hybridized carbons (Fsp3) is 0.667. The van der Waals surface area contributed by atoms with Gasteiger partial charge in [-0.2, -0.15) is 4.98 Å². The van der Waals surface area contributed by atoms with Crippen LogP contribution < -0.4 is 10.1 Å². The minimum atomic E-state index is 0.528. The first kappa shape index (κ1) is 11.2. The first-order chi connectivity index (χ1) is 7.78. The quantitative estimate of drug-likeness (QED) is 0.852. The summed E-state index contributed by atoms with van der Waals surface area (Å²) in [5, 5.41) is 3.39. The largest absolute Gasteiger partial charge is 0.481 e. The van der Waals surface area contributed by atoms with E-state index in [1.807, 2.05) is 13.0 Å². The predicted octanol–water partition coefficient (Wildman–Crippen LogP) is 2.54. The van der Waals surface area contributed by atoms with E-state index in [1.165, 1.54) is 32.1 Å². The topological polar surface area (TPSA) is 47.0 Å². The standard InChI is InChI=1S/C12H19N3O/c1-9-8-11(16-2)15-12(13-9)14-10-6-4-3-5-7-10/h8,10H,3-7H2,1-2H3,(H,13,14,15). The maximum absolute atomic E-state index is 5.13. The third-order valence-corrected chi connectivity index (χ3v) is 2.98. The molecule has 1 heterocycles. The molecule has 4 heteroatoms. The highest BCUT2D eigenvalue weighted by atomic mass is 16.5. The molecule has 16 heavy (non-hydrogen) atoms. The van der Waals surface area contributed by atoms with Crippen LogP contribution in [0, 0.1) is 6.92 Å². The third kappa shape index (κ3) is 2.84. The molecule has 0 bridgehead atoms. The molecule has 0 unspecified atom stereocenters. The third-order valence-electron chi connectivity index (χ3n) is 2.98. The maximum Gasteiger partial charge on any atom is 0.226 e. The van der Waals surface area contributed by atoms with Crippen molar-refractivity contribution in [3.05, 3.63) is 11.8 Å². The van der Waals surface area contributed by atoms with Crippen LogP contribution in [0.1, 0.15) is 37.8 Å². The average molecular weight is 221 g/mol. The highest BCUT2D eigenvalue weighted by Gasteiger charge is 2.14. The lowest BCUT2D eigenvalue weighted by Crippen LogP contribution is -2.23. The molecule has 0 radical (unpaired) electrons. The number of aromatic nitrogens is 2. The molecule has 88 valence electrons. The van der Waals surface area contributed by atoms with E-state index in [-0.39, 0.29) is 0 Å². The van der Waals surface area contributed by atoms with Crippen molar-refractivity contribution in [3.63, 3.8) is 0 Å². The summed E-state index contributed by atoms with van der Waals surface area (Å²) in [5.41, 5.74) is 0.935. The van der Waals surface area contributed by atoms with E-state index in [0.29, 0.717) is 17.9 Å². The molecule has 1 aromatic rings. The van der Waals surface area contributed by atoms with Crippen molar-refractivity contribution < 1.29 is 4.74 Å². The zero-order valence-corrected chi connectivity index (χ0v) is 9.99. The molecule has 1 saturated carbocycles. The molecule has 0 amide bonds. The average Bonchev–Trinajstić information content (AvgIpc) is 2.29. The molecule has 1 N–H and O–H groups in total. The van der Waals surface area contributed by atoms with Crippen LogP contribution in [-0.2, 0) is 0 Å². The molecule has 4 nitrogen and oxygen atoms in total. The van der Waals surface area contributed by atoms with Crippen molar-refractivity contribution in [1.82, 2.24) is 9.97 Å². The Balaban J connectivity index is 2.04. The van der Waals surface area contributed by atoms with Crippen molar-refractivity contribution in [3.8, 4) is 5.88 Å². The number of rotatable bonds is 3. The van der Waals surface area contributed by atoms with Crippen molar-refractivity contribution in [2.75, 3.05) is 12.4 Å². The fourth-order valence-electron chi connectivity index (χ4n) is 2.14. The molecule has 0 atom stereocenters. The number of methoxy groups -OCH3 is 1. The fourth-order valence-corrected chi connectivity index (χ4v) is 2.14. The van der Waals surface area contributed by atoms with E-state index in [2.05, 4.69) is 15.3 Å². The number of ether oxygens (including phenoxy) is 1. The van der Waals surface area contributed by atoms with Gasteiger partial charge in [-0.05, 0) is 19.8 Å². The van der Waals surface area contributed by atoms with Gasteiger partial charge in [0.2, 0.25) is 11.8 Å². The highest BCUT2D eigenvalue weighted by Crippen LogP contribution is 2.21.